The molecule has 2 aliphatic heterocycles. The molecule has 7 rings (SSSR count). The number of piperazine rings is 1. The first-order valence-corrected chi connectivity index (χ1v) is 14.9. The molecule has 212 valence electrons. The van der Waals surface area contributed by atoms with E-state index < -0.39 is 0 Å². The molecule has 1 aromatic carbocycles. The van der Waals surface area contributed by atoms with Gasteiger partial charge in [0.25, 0.3) is 0 Å². The number of benzene rings is 1. The van der Waals surface area contributed by atoms with E-state index in [1.165, 1.54) is 42.6 Å². The van der Waals surface area contributed by atoms with Gasteiger partial charge >= 0.3 is 0 Å². The van der Waals surface area contributed by atoms with Crippen LogP contribution in [0.1, 0.15) is 25.3 Å². The lowest BCUT2D eigenvalue weighted by molar-refractivity contribution is 0.237. The van der Waals surface area contributed by atoms with Gasteiger partial charge in [-0.3, -0.25) is 20.0 Å². The molecule has 2 saturated heterocycles. The topological polar surface area (TPSA) is 89.2 Å². The molecule has 41 heavy (non-hydrogen) atoms. The summed E-state index contributed by atoms with van der Waals surface area (Å²) in [5.41, 5.74) is 8.62. The average molecular weight is 551 g/mol. The molecule has 0 saturated carbocycles. The Balaban J connectivity index is 1.21. The van der Waals surface area contributed by atoms with Gasteiger partial charge in [0, 0.05) is 55.3 Å². The Kier molecular flexibility index (Phi) is 7.06. The highest BCUT2D eigenvalue weighted by atomic mass is 16.5. The number of hydrogen-bond acceptors (Lipinski definition) is 7. The number of pyridine rings is 2. The fraction of sp³-hybridized carbons (Fsp3) is 0.406. The second kappa shape index (κ2) is 11.1. The molecule has 2 N–H and O–H groups in total. The van der Waals surface area contributed by atoms with Crippen molar-refractivity contribution in [2.75, 3.05) is 64.4 Å². The zero-order valence-corrected chi connectivity index (χ0v) is 24.0. The molecule has 0 amide bonds. The molecule has 0 spiro atoms. The molecule has 0 aliphatic carbocycles. The average Bonchev–Trinajstić information content (AvgIpc) is 3.76. The van der Waals surface area contributed by atoms with Gasteiger partial charge in [-0.15, -0.1) is 0 Å². The predicted molar refractivity (Wildman–Crippen MR) is 165 cm³/mol. The Morgan fingerprint density at radius 3 is 2.51 bits per heavy atom. The number of aryl methyl sites for hydroxylation is 1. The number of nitrogens with zero attached hydrogens (tertiary/aromatic N) is 6. The summed E-state index contributed by atoms with van der Waals surface area (Å²) < 4.78 is 6.13. The highest BCUT2D eigenvalue weighted by Crippen LogP contribution is 2.36. The normalized spacial score (nSPS) is 16.8. The van der Waals surface area contributed by atoms with Gasteiger partial charge in [0.2, 0.25) is 0 Å². The minimum atomic E-state index is 0.683. The van der Waals surface area contributed by atoms with Crippen LogP contribution in [0.25, 0.3) is 44.3 Å². The van der Waals surface area contributed by atoms with Gasteiger partial charge in [0.1, 0.15) is 18.1 Å². The summed E-state index contributed by atoms with van der Waals surface area (Å²) in [4.78, 5) is 20.0. The Hall–Kier alpha value is -3.95. The number of fused-ring (bicyclic) bond motifs is 2. The van der Waals surface area contributed by atoms with Crippen LogP contribution >= 0.6 is 0 Å². The number of nitrogens with one attached hydrogen (secondary N) is 2. The molecule has 6 heterocycles. The predicted octanol–water partition coefficient (Wildman–Crippen LogP) is 4.96. The molecule has 9 heteroatoms. The Labute approximate surface area is 240 Å². The van der Waals surface area contributed by atoms with Crippen molar-refractivity contribution in [3.05, 3.63) is 54.6 Å². The number of anilines is 1. The van der Waals surface area contributed by atoms with Crippen LogP contribution in [0.4, 0.5) is 5.69 Å². The molecule has 0 unspecified atom stereocenters. The number of H-pyrrole nitrogens is 2. The van der Waals surface area contributed by atoms with E-state index in [0.29, 0.717) is 6.61 Å². The van der Waals surface area contributed by atoms with E-state index in [1.54, 1.807) is 0 Å². The zero-order valence-electron chi connectivity index (χ0n) is 24.0. The summed E-state index contributed by atoms with van der Waals surface area (Å²) in [5, 5.41) is 10.3. The molecule has 0 radical (unpaired) electrons. The van der Waals surface area contributed by atoms with Crippen molar-refractivity contribution in [3.8, 4) is 28.3 Å². The van der Waals surface area contributed by atoms with Crippen molar-refractivity contribution < 1.29 is 4.74 Å². The Bertz CT molecular complexity index is 1660. The van der Waals surface area contributed by atoms with E-state index in [4.69, 9.17) is 9.84 Å². The lowest BCUT2D eigenvalue weighted by Gasteiger charge is -2.34. The minimum Gasteiger partial charge on any atom is -0.491 e. The summed E-state index contributed by atoms with van der Waals surface area (Å²) in [6.07, 6.45) is 11.2. The van der Waals surface area contributed by atoms with Crippen LogP contribution in [-0.4, -0.2) is 94.4 Å². The van der Waals surface area contributed by atoms with Crippen molar-refractivity contribution in [1.29, 1.82) is 0 Å². The standard InChI is InChI=1S/C32H38N8O/c1-3-22-15-28-27(16-25(22)23-14-24(19-33-18-23)41-13-12-39-6-4-5-7-39)32(37-36-28)29-17-26-30(35-29)20-34-21-31(26)40-10-8-38(2)9-11-40/h14-21,35H,3-13H2,1-2H3,(H,36,37). The first-order chi connectivity index (χ1) is 20.2. The quantitative estimate of drug-likeness (QED) is 0.282. The van der Waals surface area contributed by atoms with Gasteiger partial charge in [0.05, 0.1) is 41.0 Å². The van der Waals surface area contributed by atoms with E-state index in [0.717, 1.165) is 83.8 Å². The SMILES string of the molecule is CCc1cc2[nH]nc(-c3cc4c(N5CCN(C)CC5)cncc4[nH]3)c2cc1-c1cncc(OCCN2CCCC2)c1. The first kappa shape index (κ1) is 26.0. The van der Waals surface area contributed by atoms with Crippen molar-refractivity contribution in [2.45, 2.75) is 26.2 Å². The zero-order chi connectivity index (χ0) is 27.8. The fourth-order valence-electron chi connectivity index (χ4n) is 6.28. The molecule has 2 aliphatic rings. The van der Waals surface area contributed by atoms with Crippen molar-refractivity contribution in [2.24, 2.45) is 0 Å². The lowest BCUT2D eigenvalue weighted by atomic mass is 9.96. The summed E-state index contributed by atoms with van der Waals surface area (Å²) >= 11 is 0. The Morgan fingerprint density at radius 1 is 0.854 bits per heavy atom. The molecule has 2 fully saturated rings. The number of hydrogen-bond donors (Lipinski definition) is 2. The maximum Gasteiger partial charge on any atom is 0.138 e. The third kappa shape index (κ3) is 5.15. The van der Waals surface area contributed by atoms with Crippen molar-refractivity contribution in [1.82, 2.24) is 34.9 Å². The first-order valence-electron chi connectivity index (χ1n) is 14.9. The van der Waals surface area contributed by atoms with Crippen molar-refractivity contribution >= 4 is 27.5 Å². The maximum atomic E-state index is 6.13. The van der Waals surface area contributed by atoms with Crippen LogP contribution in [0.5, 0.6) is 5.75 Å². The highest BCUT2D eigenvalue weighted by Gasteiger charge is 2.20. The van der Waals surface area contributed by atoms with Crippen LogP contribution in [0.15, 0.2) is 49.1 Å². The Morgan fingerprint density at radius 2 is 1.68 bits per heavy atom. The largest absolute Gasteiger partial charge is 0.491 e. The molecular weight excluding hydrogens is 512 g/mol. The van der Waals surface area contributed by atoms with Crippen LogP contribution in [0.3, 0.4) is 0 Å². The van der Waals surface area contributed by atoms with Gasteiger partial charge in [-0.25, -0.2) is 0 Å². The van der Waals surface area contributed by atoms with Crippen LogP contribution < -0.4 is 9.64 Å². The van der Waals surface area contributed by atoms with Crippen LogP contribution in [-0.2, 0) is 6.42 Å². The van der Waals surface area contributed by atoms with Crippen LogP contribution in [0, 0.1) is 0 Å². The van der Waals surface area contributed by atoms with E-state index in [9.17, 15) is 0 Å². The number of likely N-dealkylation sites (N-methyl/N-ethyl adjacent to an activating group) is 1. The number of ether oxygens (including phenoxy) is 1. The molecule has 0 bridgehead atoms. The molecule has 9 nitrogen and oxygen atoms in total. The van der Waals surface area contributed by atoms with E-state index in [1.807, 2.05) is 24.8 Å². The second-order valence-electron chi connectivity index (χ2n) is 11.4. The molecule has 4 aromatic heterocycles. The third-order valence-electron chi connectivity index (χ3n) is 8.69. The third-order valence-corrected chi connectivity index (χ3v) is 8.69. The summed E-state index contributed by atoms with van der Waals surface area (Å²) in [5.74, 6) is 0.816. The number of aromatic nitrogens is 5. The number of aromatic amines is 2. The summed E-state index contributed by atoms with van der Waals surface area (Å²) in [6, 6.07) is 8.82. The second-order valence-corrected chi connectivity index (χ2v) is 11.4. The number of likely N-dealkylation sites (tertiary alicyclic amines) is 1. The van der Waals surface area contributed by atoms with E-state index in [2.05, 4.69) is 73.0 Å². The minimum absolute atomic E-state index is 0.683. The summed E-state index contributed by atoms with van der Waals surface area (Å²) in [7, 11) is 2.18. The number of rotatable bonds is 8. The summed E-state index contributed by atoms with van der Waals surface area (Å²) in [6.45, 7) is 10.3. The fourth-order valence-corrected chi connectivity index (χ4v) is 6.28. The maximum absolute atomic E-state index is 6.13. The van der Waals surface area contributed by atoms with Crippen LogP contribution in [0.2, 0.25) is 0 Å². The van der Waals surface area contributed by atoms with Gasteiger partial charge in [0.15, 0.2) is 0 Å². The van der Waals surface area contributed by atoms with Crippen molar-refractivity contribution in [3.63, 3.8) is 0 Å². The molecule has 5 aromatic rings. The van der Waals surface area contributed by atoms with Gasteiger partial charge < -0.3 is 19.5 Å². The van der Waals surface area contributed by atoms with Gasteiger partial charge in [-0.05, 0) is 74.8 Å². The highest BCUT2D eigenvalue weighted by molar-refractivity contribution is 6.01. The van der Waals surface area contributed by atoms with Gasteiger partial charge in [-0.1, -0.05) is 6.92 Å². The monoisotopic (exact) mass is 550 g/mol. The molecular formula is C32H38N8O. The smallest absolute Gasteiger partial charge is 0.138 e. The molecule has 0 atom stereocenters. The van der Waals surface area contributed by atoms with E-state index in [-0.39, 0.29) is 0 Å². The van der Waals surface area contributed by atoms with E-state index >= 15 is 0 Å². The lowest BCUT2D eigenvalue weighted by Crippen LogP contribution is -2.44. The van der Waals surface area contributed by atoms with Gasteiger partial charge in [-0.2, -0.15) is 5.10 Å².